The van der Waals surface area contributed by atoms with Gasteiger partial charge in [-0.2, -0.15) is 0 Å². The van der Waals surface area contributed by atoms with Gasteiger partial charge in [0.2, 0.25) is 0 Å². The molecule has 0 aliphatic carbocycles. The van der Waals surface area contributed by atoms with Crippen LogP contribution in [-0.4, -0.2) is 70.7 Å². The fraction of sp³-hybridized carbons (Fsp3) is 0.886. The van der Waals surface area contributed by atoms with Gasteiger partial charge in [-0.1, -0.05) is 147 Å². The average molecular weight is 772 g/mol. The third-order valence-corrected chi connectivity index (χ3v) is 10.4. The van der Waals surface area contributed by atoms with Gasteiger partial charge in [0.15, 0.2) is 0 Å². The van der Waals surface area contributed by atoms with Crippen LogP contribution in [0.15, 0.2) is 24.3 Å². The van der Waals surface area contributed by atoms with E-state index < -0.39 is 13.9 Å². The number of allylic oxidation sites excluding steroid dienone is 4. The van der Waals surface area contributed by atoms with Gasteiger partial charge >= 0.3 is 5.97 Å². The number of hydrogen-bond donors (Lipinski definition) is 0. The van der Waals surface area contributed by atoms with Crippen LogP contribution in [0.2, 0.25) is 0 Å². The summed E-state index contributed by atoms with van der Waals surface area (Å²) >= 11 is 0. The van der Waals surface area contributed by atoms with Crippen molar-refractivity contribution in [1.29, 1.82) is 0 Å². The monoisotopic (exact) mass is 772 g/mol. The van der Waals surface area contributed by atoms with Crippen LogP contribution in [0.1, 0.15) is 194 Å². The molecule has 53 heavy (non-hydrogen) atoms. The number of unbranched alkanes of at least 4 members (excludes halogenated alkanes) is 23. The van der Waals surface area contributed by atoms with Crippen molar-refractivity contribution in [1.82, 2.24) is 0 Å². The van der Waals surface area contributed by atoms with Crippen LogP contribution in [-0.2, 0) is 27.9 Å². The lowest BCUT2D eigenvalue weighted by Crippen LogP contribution is -2.37. The Balaban J connectivity index is 4.25. The van der Waals surface area contributed by atoms with Gasteiger partial charge in [0.1, 0.15) is 19.3 Å². The Morgan fingerprint density at radius 2 is 0.981 bits per heavy atom. The fourth-order valence-corrected chi connectivity index (χ4v) is 6.73. The van der Waals surface area contributed by atoms with Crippen molar-refractivity contribution in [3.63, 3.8) is 0 Å². The van der Waals surface area contributed by atoms with E-state index in [1.807, 2.05) is 21.1 Å². The van der Waals surface area contributed by atoms with Crippen LogP contribution in [0.3, 0.4) is 0 Å². The number of phosphoric ester groups is 1. The quantitative estimate of drug-likeness (QED) is 0.0201. The molecule has 2 atom stereocenters. The Morgan fingerprint density at radius 1 is 0.566 bits per heavy atom. The van der Waals surface area contributed by atoms with Gasteiger partial charge in [-0.3, -0.25) is 9.36 Å². The van der Waals surface area contributed by atoms with E-state index in [0.29, 0.717) is 24.1 Å². The molecular weight excluding hydrogens is 685 g/mol. The van der Waals surface area contributed by atoms with Crippen molar-refractivity contribution in [2.24, 2.45) is 0 Å². The second-order valence-electron chi connectivity index (χ2n) is 16.0. The average Bonchev–Trinajstić information content (AvgIpc) is 3.11. The normalized spacial score (nSPS) is 14.0. The highest BCUT2D eigenvalue weighted by atomic mass is 31.2. The molecule has 0 heterocycles. The molecule has 0 aromatic rings. The summed E-state index contributed by atoms with van der Waals surface area (Å²) in [4.78, 5) is 25.0. The summed E-state index contributed by atoms with van der Waals surface area (Å²) in [6.45, 7) is 5.39. The third kappa shape index (κ3) is 42.0. The maximum atomic E-state index is 12.7. The number of phosphoric acid groups is 1. The molecule has 0 N–H and O–H groups in total. The van der Waals surface area contributed by atoms with Gasteiger partial charge in [-0.25, -0.2) is 0 Å². The molecule has 314 valence electrons. The number of quaternary nitrogens is 1. The van der Waals surface area contributed by atoms with Crippen molar-refractivity contribution < 1.29 is 37.3 Å². The molecule has 0 rings (SSSR count). The summed E-state index contributed by atoms with van der Waals surface area (Å²) in [7, 11) is 1.35. The number of esters is 1. The predicted molar refractivity (Wildman–Crippen MR) is 222 cm³/mol. The zero-order valence-electron chi connectivity index (χ0n) is 35.5. The topological polar surface area (TPSA) is 94.1 Å². The minimum absolute atomic E-state index is 0.0245. The molecule has 8 nitrogen and oxygen atoms in total. The largest absolute Gasteiger partial charge is 0.756 e. The zero-order chi connectivity index (χ0) is 39.1. The van der Waals surface area contributed by atoms with Crippen LogP contribution < -0.4 is 4.89 Å². The molecular formula is C44H86NO7P. The Morgan fingerprint density at radius 3 is 1.43 bits per heavy atom. The molecule has 1 unspecified atom stereocenters. The molecule has 0 saturated carbocycles. The Bertz CT molecular complexity index is 905. The molecule has 0 bridgehead atoms. The SMILES string of the molecule is CCCCCCCCC=CCCCCCCCCOC[C@H](COP(=O)([O-])OCC[N+](C)(C)C)OC(=O)CCCCCCCC=CCCCCCCCC. The van der Waals surface area contributed by atoms with Crippen molar-refractivity contribution in [2.75, 3.05) is 54.1 Å². The molecule has 0 aliphatic heterocycles. The molecule has 0 radical (unpaired) electrons. The lowest BCUT2D eigenvalue weighted by Gasteiger charge is -2.28. The lowest BCUT2D eigenvalue weighted by molar-refractivity contribution is -0.870. The third-order valence-electron chi connectivity index (χ3n) is 9.48. The number of likely N-dealkylation sites (N-methyl/N-ethyl adjacent to an activating group) is 1. The molecule has 9 heteroatoms. The number of carbonyl (C=O) groups excluding carboxylic acids is 1. The Kier molecular flexibility index (Phi) is 37.2. The maximum Gasteiger partial charge on any atom is 0.306 e. The number of rotatable bonds is 41. The second kappa shape index (κ2) is 37.9. The Labute approximate surface area is 328 Å². The first-order chi connectivity index (χ1) is 25.6. The van der Waals surface area contributed by atoms with E-state index in [2.05, 4.69) is 38.2 Å². The molecule has 0 aromatic carbocycles. The first kappa shape index (κ1) is 52.0. The number of carbonyl (C=O) groups is 1. The molecule has 0 spiro atoms. The van der Waals surface area contributed by atoms with Gasteiger partial charge in [-0.05, 0) is 64.2 Å². The van der Waals surface area contributed by atoms with E-state index in [-0.39, 0.29) is 25.8 Å². The van der Waals surface area contributed by atoms with Crippen LogP contribution in [0, 0.1) is 0 Å². The summed E-state index contributed by atoms with van der Waals surface area (Å²) < 4.78 is 34.6. The van der Waals surface area contributed by atoms with Crippen LogP contribution in [0.4, 0.5) is 0 Å². The summed E-state index contributed by atoms with van der Waals surface area (Å²) in [5.74, 6) is -0.344. The Hall–Kier alpha value is -1.02. The van der Waals surface area contributed by atoms with E-state index in [4.69, 9.17) is 18.5 Å². The molecule has 0 aromatic heterocycles. The number of hydrogen-bond acceptors (Lipinski definition) is 7. The summed E-state index contributed by atoms with van der Waals surface area (Å²) in [5, 5.41) is 0. The minimum atomic E-state index is -4.52. The molecule has 0 aliphatic rings. The minimum Gasteiger partial charge on any atom is -0.756 e. The van der Waals surface area contributed by atoms with E-state index >= 15 is 0 Å². The smallest absolute Gasteiger partial charge is 0.306 e. The lowest BCUT2D eigenvalue weighted by atomic mass is 10.1. The van der Waals surface area contributed by atoms with Gasteiger partial charge in [0.05, 0.1) is 34.4 Å². The van der Waals surface area contributed by atoms with E-state index in [9.17, 15) is 14.3 Å². The summed E-state index contributed by atoms with van der Waals surface area (Å²) in [6, 6.07) is 0. The summed E-state index contributed by atoms with van der Waals surface area (Å²) in [6.07, 6.45) is 41.8. The van der Waals surface area contributed by atoms with Crippen molar-refractivity contribution in [2.45, 2.75) is 200 Å². The zero-order valence-corrected chi connectivity index (χ0v) is 36.4. The molecule has 0 amide bonds. The van der Waals surface area contributed by atoms with Crippen molar-refractivity contribution in [3.8, 4) is 0 Å². The maximum absolute atomic E-state index is 12.7. The summed E-state index contributed by atoms with van der Waals surface area (Å²) in [5.41, 5.74) is 0. The molecule has 0 fully saturated rings. The number of ether oxygens (including phenoxy) is 2. The van der Waals surface area contributed by atoms with E-state index in [1.165, 1.54) is 128 Å². The van der Waals surface area contributed by atoms with E-state index in [0.717, 1.165) is 44.9 Å². The van der Waals surface area contributed by atoms with E-state index in [1.54, 1.807) is 0 Å². The van der Waals surface area contributed by atoms with Crippen LogP contribution >= 0.6 is 7.82 Å². The molecule has 0 saturated heterocycles. The van der Waals surface area contributed by atoms with Crippen LogP contribution in [0.5, 0.6) is 0 Å². The standard InChI is InChI=1S/C44H86NO7P/c1-6-8-10-12-14-16-18-20-22-24-26-28-30-32-34-36-39-49-41-43(42-51-53(47,48)50-40-38-45(3,4)5)52-44(46)37-35-33-31-29-27-25-23-21-19-17-15-13-11-9-7-2/h20-23,43H,6-19,24-42H2,1-5H3/t43-/m1/s1. The fourth-order valence-electron chi connectivity index (χ4n) is 6.01. The van der Waals surface area contributed by atoms with Gasteiger partial charge < -0.3 is 27.9 Å². The predicted octanol–water partition coefficient (Wildman–Crippen LogP) is 12.2. The highest BCUT2D eigenvalue weighted by Gasteiger charge is 2.20. The first-order valence-electron chi connectivity index (χ1n) is 22.1. The second-order valence-corrected chi connectivity index (χ2v) is 17.5. The van der Waals surface area contributed by atoms with Gasteiger partial charge in [0.25, 0.3) is 7.82 Å². The van der Waals surface area contributed by atoms with Crippen LogP contribution in [0.25, 0.3) is 0 Å². The van der Waals surface area contributed by atoms with Gasteiger partial charge in [0, 0.05) is 13.0 Å². The first-order valence-corrected chi connectivity index (χ1v) is 23.5. The number of nitrogens with zero attached hydrogens (tertiary/aromatic N) is 1. The highest BCUT2D eigenvalue weighted by molar-refractivity contribution is 7.45. The van der Waals surface area contributed by atoms with Crippen molar-refractivity contribution >= 4 is 13.8 Å². The highest BCUT2D eigenvalue weighted by Crippen LogP contribution is 2.38. The van der Waals surface area contributed by atoms with Gasteiger partial charge in [-0.15, -0.1) is 0 Å². The van der Waals surface area contributed by atoms with Crippen molar-refractivity contribution in [3.05, 3.63) is 24.3 Å².